The summed E-state index contributed by atoms with van der Waals surface area (Å²) in [5, 5.41) is 0. The van der Waals surface area contributed by atoms with Crippen LogP contribution in [0.15, 0.2) is 17.1 Å². The molecule has 14 heavy (non-hydrogen) atoms. The van der Waals surface area contributed by atoms with Gasteiger partial charge in [0.2, 0.25) is 0 Å². The molecule has 0 radical (unpaired) electrons. The van der Waals surface area contributed by atoms with Crippen LogP contribution in [0.2, 0.25) is 0 Å². The minimum Gasteiger partial charge on any atom is -0.378 e. The molecule has 1 saturated heterocycles. The second kappa shape index (κ2) is 4.05. The van der Waals surface area contributed by atoms with E-state index in [4.69, 9.17) is 4.74 Å². The van der Waals surface area contributed by atoms with E-state index in [2.05, 4.69) is 11.1 Å². The van der Waals surface area contributed by atoms with Crippen molar-refractivity contribution in [1.29, 1.82) is 0 Å². The SMILES string of the molecule is CC(=O)C1=NCC(C2CCCO2)C=C1. The van der Waals surface area contributed by atoms with E-state index in [1.165, 1.54) is 0 Å². The first kappa shape index (κ1) is 9.59. The molecule has 0 aromatic rings. The average molecular weight is 193 g/mol. The van der Waals surface area contributed by atoms with Gasteiger partial charge in [-0.25, -0.2) is 0 Å². The van der Waals surface area contributed by atoms with Gasteiger partial charge in [0.15, 0.2) is 5.78 Å². The van der Waals surface area contributed by atoms with E-state index >= 15 is 0 Å². The van der Waals surface area contributed by atoms with Crippen molar-refractivity contribution < 1.29 is 9.53 Å². The molecule has 0 aromatic heterocycles. The Hall–Kier alpha value is -0.960. The monoisotopic (exact) mass is 193 g/mol. The number of rotatable bonds is 2. The fourth-order valence-electron chi connectivity index (χ4n) is 1.94. The number of aliphatic imine (C=N–C) groups is 1. The largest absolute Gasteiger partial charge is 0.378 e. The summed E-state index contributed by atoms with van der Waals surface area (Å²) in [5.41, 5.74) is 0.597. The van der Waals surface area contributed by atoms with Crippen LogP contribution in [0.4, 0.5) is 0 Å². The lowest BCUT2D eigenvalue weighted by Crippen LogP contribution is -2.25. The lowest BCUT2D eigenvalue weighted by molar-refractivity contribution is -0.111. The summed E-state index contributed by atoms with van der Waals surface area (Å²) in [5.74, 6) is 0.424. The highest BCUT2D eigenvalue weighted by atomic mass is 16.5. The molecule has 0 bridgehead atoms. The van der Waals surface area contributed by atoms with Crippen molar-refractivity contribution in [1.82, 2.24) is 0 Å². The number of ether oxygens (including phenoxy) is 1. The van der Waals surface area contributed by atoms with Crippen molar-refractivity contribution in [3.8, 4) is 0 Å². The molecule has 3 nitrogen and oxygen atoms in total. The van der Waals surface area contributed by atoms with Crippen molar-refractivity contribution in [2.75, 3.05) is 13.2 Å². The second-order valence-corrected chi connectivity index (χ2v) is 3.86. The van der Waals surface area contributed by atoms with Gasteiger partial charge in [-0.1, -0.05) is 6.08 Å². The van der Waals surface area contributed by atoms with E-state index in [0.29, 0.717) is 24.3 Å². The van der Waals surface area contributed by atoms with Crippen molar-refractivity contribution in [2.45, 2.75) is 25.9 Å². The summed E-state index contributed by atoms with van der Waals surface area (Å²) in [4.78, 5) is 15.3. The summed E-state index contributed by atoms with van der Waals surface area (Å²) in [6, 6.07) is 0. The highest BCUT2D eigenvalue weighted by Gasteiger charge is 2.25. The lowest BCUT2D eigenvalue weighted by Gasteiger charge is -2.20. The molecule has 0 aliphatic carbocycles. The molecule has 2 heterocycles. The first-order chi connectivity index (χ1) is 6.77. The maximum absolute atomic E-state index is 11.0. The molecule has 2 aliphatic rings. The standard InChI is InChI=1S/C11H15NO2/c1-8(13)10-5-4-9(7-12-10)11-3-2-6-14-11/h4-5,9,11H,2-3,6-7H2,1H3. The van der Waals surface area contributed by atoms with E-state index in [0.717, 1.165) is 19.4 Å². The van der Waals surface area contributed by atoms with Gasteiger partial charge in [-0.05, 0) is 18.9 Å². The van der Waals surface area contributed by atoms with Crippen molar-refractivity contribution >= 4 is 11.5 Å². The number of hydrogen-bond acceptors (Lipinski definition) is 3. The fourth-order valence-corrected chi connectivity index (χ4v) is 1.94. The van der Waals surface area contributed by atoms with Crippen LogP contribution in [-0.2, 0) is 9.53 Å². The van der Waals surface area contributed by atoms with Crippen LogP contribution in [0.5, 0.6) is 0 Å². The number of nitrogens with zero attached hydrogens (tertiary/aromatic N) is 1. The number of Topliss-reactive ketones (excluding diaryl/α,β-unsaturated/α-hetero) is 1. The first-order valence-corrected chi connectivity index (χ1v) is 5.12. The Morgan fingerprint density at radius 2 is 2.50 bits per heavy atom. The molecule has 76 valence electrons. The van der Waals surface area contributed by atoms with Gasteiger partial charge in [-0.3, -0.25) is 9.79 Å². The summed E-state index contributed by atoms with van der Waals surface area (Å²) < 4.78 is 5.58. The van der Waals surface area contributed by atoms with Crippen molar-refractivity contribution in [3.05, 3.63) is 12.2 Å². The van der Waals surface area contributed by atoms with E-state index in [1.807, 2.05) is 6.08 Å². The van der Waals surface area contributed by atoms with Crippen LogP contribution in [-0.4, -0.2) is 30.8 Å². The predicted octanol–water partition coefficient (Wildman–Crippen LogP) is 1.38. The van der Waals surface area contributed by atoms with Crippen molar-refractivity contribution in [2.24, 2.45) is 10.9 Å². The normalized spacial score (nSPS) is 31.6. The zero-order chi connectivity index (χ0) is 9.97. The van der Waals surface area contributed by atoms with Crippen LogP contribution < -0.4 is 0 Å². The zero-order valence-electron chi connectivity index (χ0n) is 8.40. The third-order valence-electron chi connectivity index (χ3n) is 2.78. The Bertz CT molecular complexity index is 288. The van der Waals surface area contributed by atoms with Gasteiger partial charge in [0.05, 0.1) is 11.8 Å². The van der Waals surface area contributed by atoms with Gasteiger partial charge in [0.1, 0.15) is 0 Å². The van der Waals surface area contributed by atoms with Crippen LogP contribution in [0.3, 0.4) is 0 Å². The lowest BCUT2D eigenvalue weighted by atomic mass is 9.96. The van der Waals surface area contributed by atoms with E-state index in [9.17, 15) is 4.79 Å². The highest BCUT2D eigenvalue weighted by Crippen LogP contribution is 2.23. The minimum absolute atomic E-state index is 0.0482. The topological polar surface area (TPSA) is 38.7 Å². The quantitative estimate of drug-likeness (QED) is 0.664. The van der Waals surface area contributed by atoms with Crippen LogP contribution in [0.1, 0.15) is 19.8 Å². The highest BCUT2D eigenvalue weighted by molar-refractivity contribution is 6.43. The number of dihydropyridines is 1. The smallest absolute Gasteiger partial charge is 0.177 e. The van der Waals surface area contributed by atoms with Gasteiger partial charge < -0.3 is 4.74 Å². The molecule has 2 atom stereocenters. The molecule has 0 aromatic carbocycles. The number of ketones is 1. The summed E-state index contributed by atoms with van der Waals surface area (Å²) in [6.07, 6.45) is 6.50. The summed E-state index contributed by atoms with van der Waals surface area (Å²) in [6.45, 7) is 3.13. The number of carbonyl (C=O) groups excluding carboxylic acids is 1. The third-order valence-corrected chi connectivity index (χ3v) is 2.78. The fraction of sp³-hybridized carbons (Fsp3) is 0.636. The summed E-state index contributed by atoms with van der Waals surface area (Å²) in [7, 11) is 0. The average Bonchev–Trinajstić information content (AvgIpc) is 2.71. The zero-order valence-corrected chi connectivity index (χ0v) is 8.40. The molecule has 2 rings (SSSR count). The van der Waals surface area contributed by atoms with Crippen LogP contribution in [0.25, 0.3) is 0 Å². The molecule has 2 aliphatic heterocycles. The molecule has 3 heteroatoms. The molecular formula is C11H15NO2. The Balaban J connectivity index is 1.96. The molecule has 2 unspecified atom stereocenters. The third kappa shape index (κ3) is 1.93. The first-order valence-electron chi connectivity index (χ1n) is 5.12. The van der Waals surface area contributed by atoms with Gasteiger partial charge in [0, 0.05) is 26.0 Å². The summed E-state index contributed by atoms with van der Waals surface area (Å²) >= 11 is 0. The Labute approximate surface area is 83.9 Å². The van der Waals surface area contributed by atoms with Crippen molar-refractivity contribution in [3.63, 3.8) is 0 Å². The van der Waals surface area contributed by atoms with Gasteiger partial charge in [-0.2, -0.15) is 0 Å². The molecular weight excluding hydrogens is 178 g/mol. The molecule has 0 amide bonds. The minimum atomic E-state index is 0.0482. The van der Waals surface area contributed by atoms with Gasteiger partial charge in [-0.15, -0.1) is 0 Å². The Kier molecular flexibility index (Phi) is 2.77. The van der Waals surface area contributed by atoms with E-state index < -0.39 is 0 Å². The maximum Gasteiger partial charge on any atom is 0.177 e. The molecule has 0 spiro atoms. The van der Waals surface area contributed by atoms with Crippen LogP contribution >= 0.6 is 0 Å². The molecule has 0 saturated carbocycles. The predicted molar refractivity (Wildman–Crippen MR) is 54.6 cm³/mol. The second-order valence-electron chi connectivity index (χ2n) is 3.86. The maximum atomic E-state index is 11.0. The number of hydrogen-bond donors (Lipinski definition) is 0. The van der Waals surface area contributed by atoms with Gasteiger partial charge in [0.25, 0.3) is 0 Å². The molecule has 1 fully saturated rings. The Morgan fingerprint density at radius 3 is 3.00 bits per heavy atom. The van der Waals surface area contributed by atoms with E-state index in [1.54, 1.807) is 6.92 Å². The molecule has 0 N–H and O–H groups in total. The number of allylic oxidation sites excluding steroid dienone is 1. The Morgan fingerprint density at radius 1 is 1.64 bits per heavy atom. The van der Waals surface area contributed by atoms with Crippen LogP contribution in [0, 0.1) is 5.92 Å². The van der Waals surface area contributed by atoms with E-state index in [-0.39, 0.29) is 5.78 Å². The number of carbonyl (C=O) groups is 1. The van der Waals surface area contributed by atoms with Gasteiger partial charge >= 0.3 is 0 Å².